The number of aromatic nitrogens is 1. The van der Waals surface area contributed by atoms with Gasteiger partial charge in [0, 0.05) is 24.0 Å². The number of hydrogen-bond donors (Lipinski definition) is 3. The number of para-hydroxylation sites is 1. The Kier molecular flexibility index (Phi) is 6.73. The van der Waals surface area contributed by atoms with Crippen molar-refractivity contribution in [2.45, 2.75) is 0 Å². The van der Waals surface area contributed by atoms with Crippen molar-refractivity contribution < 1.29 is 19.1 Å². The summed E-state index contributed by atoms with van der Waals surface area (Å²) in [4.78, 5) is 43.9. The molecule has 1 saturated heterocycles. The summed E-state index contributed by atoms with van der Waals surface area (Å²) in [5.74, 6) is -1.43. The average molecular weight is 452 g/mol. The molecule has 0 bridgehead atoms. The number of rotatable bonds is 5. The third-order valence-corrected chi connectivity index (χ3v) is 5.65. The first-order chi connectivity index (χ1) is 15.6. The van der Waals surface area contributed by atoms with Crippen molar-refractivity contribution >= 4 is 39.9 Å². The molecule has 0 atom stereocenters. The molecule has 9 nitrogen and oxygen atoms in total. The van der Waals surface area contributed by atoms with E-state index in [9.17, 15) is 14.4 Å². The number of benzene rings is 2. The molecule has 32 heavy (non-hydrogen) atoms. The van der Waals surface area contributed by atoms with Crippen molar-refractivity contribution in [3.05, 3.63) is 76.8 Å². The van der Waals surface area contributed by atoms with Crippen LogP contribution in [0, 0.1) is 0 Å². The van der Waals surface area contributed by atoms with Gasteiger partial charge in [-0.05, 0) is 24.3 Å². The van der Waals surface area contributed by atoms with Gasteiger partial charge in [-0.2, -0.15) is 0 Å². The van der Waals surface area contributed by atoms with Gasteiger partial charge in [0.1, 0.15) is 5.69 Å². The molecular formula is C22H21N5O4S. The van der Waals surface area contributed by atoms with E-state index in [1.807, 2.05) is 6.07 Å². The molecule has 0 radical (unpaired) electrons. The third-order valence-electron chi connectivity index (χ3n) is 4.75. The molecule has 164 valence electrons. The highest BCUT2D eigenvalue weighted by Crippen LogP contribution is 2.21. The standard InChI is InChI=1S/C22H21N5O4S/c28-19(15-6-2-1-3-7-15)23-17-9-5-4-8-16(17)20(29)25-26-21(30)18-14-32-22(24-18)27-10-12-31-13-11-27/h1-9,14H,10-13H2,(H,23,28)(H,25,29)(H,26,30). The summed E-state index contributed by atoms with van der Waals surface area (Å²) < 4.78 is 5.32. The van der Waals surface area contributed by atoms with Crippen LogP contribution in [0.15, 0.2) is 60.0 Å². The Bertz CT molecular complexity index is 1110. The van der Waals surface area contributed by atoms with E-state index in [4.69, 9.17) is 4.74 Å². The van der Waals surface area contributed by atoms with Crippen LogP contribution < -0.4 is 21.1 Å². The van der Waals surface area contributed by atoms with Gasteiger partial charge in [-0.15, -0.1) is 11.3 Å². The summed E-state index contributed by atoms with van der Waals surface area (Å²) in [5, 5.41) is 5.10. The van der Waals surface area contributed by atoms with Crippen LogP contribution in [0.1, 0.15) is 31.2 Å². The fourth-order valence-corrected chi connectivity index (χ4v) is 3.95. The van der Waals surface area contributed by atoms with Crippen LogP contribution in [-0.4, -0.2) is 49.0 Å². The maximum atomic E-state index is 12.7. The number of nitrogens with one attached hydrogen (secondary N) is 3. The predicted molar refractivity (Wildman–Crippen MR) is 121 cm³/mol. The van der Waals surface area contributed by atoms with Crippen molar-refractivity contribution in [3.63, 3.8) is 0 Å². The maximum absolute atomic E-state index is 12.7. The third kappa shape index (κ3) is 5.10. The van der Waals surface area contributed by atoms with Crippen LogP contribution in [0.5, 0.6) is 0 Å². The summed E-state index contributed by atoms with van der Waals surface area (Å²) in [6.07, 6.45) is 0. The Labute approximate surface area is 188 Å². The number of carbonyl (C=O) groups excluding carboxylic acids is 3. The number of amides is 3. The zero-order valence-corrected chi connectivity index (χ0v) is 17.9. The van der Waals surface area contributed by atoms with Crippen LogP contribution >= 0.6 is 11.3 Å². The highest BCUT2D eigenvalue weighted by Gasteiger charge is 2.19. The topological polar surface area (TPSA) is 113 Å². The lowest BCUT2D eigenvalue weighted by molar-refractivity contribution is 0.0844. The van der Waals surface area contributed by atoms with Gasteiger partial charge in [-0.1, -0.05) is 30.3 Å². The molecule has 1 aliphatic heterocycles. The molecule has 0 saturated carbocycles. The Morgan fingerprint density at radius 2 is 1.56 bits per heavy atom. The molecule has 0 unspecified atom stereocenters. The largest absolute Gasteiger partial charge is 0.378 e. The smallest absolute Gasteiger partial charge is 0.289 e. The fourth-order valence-electron chi connectivity index (χ4n) is 3.09. The van der Waals surface area contributed by atoms with Gasteiger partial charge < -0.3 is 15.0 Å². The normalized spacial score (nSPS) is 13.3. The van der Waals surface area contributed by atoms with E-state index in [0.717, 1.165) is 18.2 Å². The number of anilines is 2. The molecule has 3 N–H and O–H groups in total. The Morgan fingerprint density at radius 1 is 0.875 bits per heavy atom. The van der Waals surface area contributed by atoms with Crippen molar-refractivity contribution in [1.29, 1.82) is 0 Å². The van der Waals surface area contributed by atoms with Gasteiger partial charge in [-0.25, -0.2) is 4.98 Å². The second kappa shape index (κ2) is 10.0. The van der Waals surface area contributed by atoms with E-state index < -0.39 is 11.8 Å². The Balaban J connectivity index is 1.37. The lowest BCUT2D eigenvalue weighted by Crippen LogP contribution is -2.42. The fraction of sp³-hybridized carbons (Fsp3) is 0.182. The van der Waals surface area contributed by atoms with Crippen LogP contribution in [0.25, 0.3) is 0 Å². The van der Waals surface area contributed by atoms with E-state index in [1.165, 1.54) is 11.3 Å². The van der Waals surface area contributed by atoms with Crippen molar-refractivity contribution in [2.75, 3.05) is 36.5 Å². The molecule has 1 aliphatic rings. The number of ether oxygens (including phenoxy) is 1. The molecule has 1 fully saturated rings. The summed E-state index contributed by atoms with van der Waals surface area (Å²) in [6.45, 7) is 2.68. The van der Waals surface area contributed by atoms with E-state index in [1.54, 1.807) is 53.9 Å². The molecule has 0 spiro atoms. The van der Waals surface area contributed by atoms with Gasteiger partial charge in [0.2, 0.25) is 0 Å². The quantitative estimate of drug-likeness (QED) is 0.513. The first kappa shape index (κ1) is 21.5. The molecule has 3 aromatic rings. The minimum absolute atomic E-state index is 0.211. The van der Waals surface area contributed by atoms with Crippen molar-refractivity contribution in [1.82, 2.24) is 15.8 Å². The molecule has 2 heterocycles. The van der Waals surface area contributed by atoms with Crippen LogP contribution in [0.3, 0.4) is 0 Å². The Hall–Kier alpha value is -3.76. The SMILES string of the molecule is O=C(Nc1ccccc1C(=O)NNC(=O)c1csc(N2CCOCC2)n1)c1ccccc1. The predicted octanol–water partition coefficient (Wildman–Crippen LogP) is 2.31. The zero-order valence-electron chi connectivity index (χ0n) is 17.0. The summed E-state index contributed by atoms with van der Waals surface area (Å²) in [6, 6.07) is 15.2. The van der Waals surface area contributed by atoms with Gasteiger partial charge in [0.05, 0.1) is 24.5 Å². The molecule has 2 aromatic carbocycles. The van der Waals surface area contributed by atoms with E-state index in [2.05, 4.69) is 26.1 Å². The van der Waals surface area contributed by atoms with E-state index in [0.29, 0.717) is 24.5 Å². The van der Waals surface area contributed by atoms with Gasteiger partial charge in [0.15, 0.2) is 5.13 Å². The first-order valence-electron chi connectivity index (χ1n) is 9.96. The van der Waals surface area contributed by atoms with Gasteiger partial charge >= 0.3 is 0 Å². The van der Waals surface area contributed by atoms with Crippen LogP contribution in [0.4, 0.5) is 10.8 Å². The van der Waals surface area contributed by atoms with Gasteiger partial charge in [0.25, 0.3) is 17.7 Å². The zero-order chi connectivity index (χ0) is 22.3. The maximum Gasteiger partial charge on any atom is 0.289 e. The highest BCUT2D eigenvalue weighted by atomic mass is 32.1. The molecule has 0 aliphatic carbocycles. The molecule has 4 rings (SSSR count). The minimum Gasteiger partial charge on any atom is -0.378 e. The van der Waals surface area contributed by atoms with Crippen LogP contribution in [0.2, 0.25) is 0 Å². The summed E-state index contributed by atoms with van der Waals surface area (Å²) >= 11 is 1.36. The number of thiazole rings is 1. The summed E-state index contributed by atoms with van der Waals surface area (Å²) in [5.41, 5.74) is 5.98. The van der Waals surface area contributed by atoms with Gasteiger partial charge in [-0.3, -0.25) is 25.2 Å². The Morgan fingerprint density at radius 3 is 2.34 bits per heavy atom. The van der Waals surface area contributed by atoms with E-state index >= 15 is 0 Å². The van der Waals surface area contributed by atoms with Crippen LogP contribution in [-0.2, 0) is 4.74 Å². The second-order valence-corrected chi connectivity index (χ2v) is 7.73. The summed E-state index contributed by atoms with van der Waals surface area (Å²) in [7, 11) is 0. The van der Waals surface area contributed by atoms with Crippen molar-refractivity contribution in [2.24, 2.45) is 0 Å². The lowest BCUT2D eigenvalue weighted by Gasteiger charge is -2.25. The molecular weight excluding hydrogens is 430 g/mol. The number of hydrogen-bond acceptors (Lipinski definition) is 7. The molecule has 1 aromatic heterocycles. The monoisotopic (exact) mass is 451 g/mol. The number of morpholine rings is 1. The molecule has 10 heteroatoms. The second-order valence-electron chi connectivity index (χ2n) is 6.89. The van der Waals surface area contributed by atoms with Crippen molar-refractivity contribution in [3.8, 4) is 0 Å². The minimum atomic E-state index is -0.564. The number of carbonyl (C=O) groups is 3. The number of nitrogens with zero attached hydrogens (tertiary/aromatic N) is 2. The lowest BCUT2D eigenvalue weighted by atomic mass is 10.1. The van der Waals surface area contributed by atoms with E-state index in [-0.39, 0.29) is 17.2 Å². The average Bonchev–Trinajstić information content (AvgIpc) is 3.34. The first-order valence-corrected chi connectivity index (χ1v) is 10.8. The number of hydrazine groups is 1. The highest BCUT2D eigenvalue weighted by molar-refractivity contribution is 7.13. The molecule has 3 amide bonds.